The molecular formula is C14H16N2O3S2. The minimum absolute atomic E-state index is 0.128. The van der Waals surface area contributed by atoms with Gasteiger partial charge in [-0.3, -0.25) is 4.79 Å². The second-order valence-corrected chi connectivity index (χ2v) is 7.87. The van der Waals surface area contributed by atoms with Gasteiger partial charge in [0.05, 0.1) is 10.9 Å². The van der Waals surface area contributed by atoms with E-state index in [0.717, 1.165) is 18.4 Å². The van der Waals surface area contributed by atoms with Gasteiger partial charge in [-0.2, -0.15) is 4.31 Å². The maximum absolute atomic E-state index is 12.8. The van der Waals surface area contributed by atoms with Gasteiger partial charge in [0.25, 0.3) is 0 Å². The smallest absolute Gasteiger partial charge is 0.247 e. The molecule has 21 heavy (non-hydrogen) atoms. The van der Waals surface area contributed by atoms with Crippen molar-refractivity contribution in [1.82, 2.24) is 9.29 Å². The Hall–Kier alpha value is -1.44. The number of pyridine rings is 1. The predicted molar refractivity (Wildman–Crippen MR) is 82.0 cm³/mol. The van der Waals surface area contributed by atoms with E-state index in [1.165, 1.54) is 23.2 Å². The number of nitrogens with one attached hydrogen (secondary N) is 1. The van der Waals surface area contributed by atoms with Crippen LogP contribution in [0.3, 0.4) is 0 Å². The maximum Gasteiger partial charge on any atom is 0.247 e. The van der Waals surface area contributed by atoms with Crippen molar-refractivity contribution in [2.45, 2.75) is 30.7 Å². The molecule has 0 radical (unpaired) electrons. The number of aromatic amines is 1. The monoisotopic (exact) mass is 324 g/mol. The van der Waals surface area contributed by atoms with Crippen LogP contribution in [0, 0.1) is 0 Å². The zero-order valence-electron chi connectivity index (χ0n) is 11.6. The van der Waals surface area contributed by atoms with Crippen molar-refractivity contribution in [1.29, 1.82) is 0 Å². The van der Waals surface area contributed by atoms with Crippen molar-refractivity contribution in [3.05, 3.63) is 50.6 Å². The molecule has 1 atom stereocenters. The summed E-state index contributed by atoms with van der Waals surface area (Å²) in [6, 6.07) is 4.50. The number of sulfonamides is 1. The molecule has 7 heteroatoms. The summed E-state index contributed by atoms with van der Waals surface area (Å²) >= 11 is 1.69. The molecular weight excluding hydrogens is 308 g/mol. The standard InChI is InChI=1S/C14H16N2O3S2/c1-2-12-11-6-8-20-13(11)5-7-16(12)21(18,19)10-3-4-14(17)15-9-10/h3-4,6,8-9,12H,2,5,7H2,1H3,(H,15,17). The Kier molecular flexibility index (Phi) is 3.73. The zero-order chi connectivity index (χ0) is 15.0. The van der Waals surface area contributed by atoms with Crippen LogP contribution in [0.15, 0.2) is 39.5 Å². The molecule has 0 amide bonds. The minimum atomic E-state index is -3.59. The first kappa shape index (κ1) is 14.5. The van der Waals surface area contributed by atoms with E-state index in [1.807, 2.05) is 18.4 Å². The van der Waals surface area contributed by atoms with Crippen molar-refractivity contribution in [2.24, 2.45) is 0 Å². The summed E-state index contributed by atoms with van der Waals surface area (Å²) < 4.78 is 27.2. The summed E-state index contributed by atoms with van der Waals surface area (Å²) in [5, 5.41) is 2.02. The van der Waals surface area contributed by atoms with Gasteiger partial charge >= 0.3 is 0 Å². The number of fused-ring (bicyclic) bond motifs is 1. The summed E-state index contributed by atoms with van der Waals surface area (Å²) in [6.07, 6.45) is 2.74. The Morgan fingerprint density at radius 1 is 1.38 bits per heavy atom. The molecule has 1 aliphatic heterocycles. The van der Waals surface area contributed by atoms with E-state index in [1.54, 1.807) is 15.6 Å². The SMILES string of the molecule is CCC1c2ccsc2CCN1S(=O)(=O)c1ccc(=O)[nH]c1. The molecule has 1 unspecified atom stereocenters. The van der Waals surface area contributed by atoms with Gasteiger partial charge in [-0.15, -0.1) is 11.3 Å². The molecule has 0 aromatic carbocycles. The largest absolute Gasteiger partial charge is 0.328 e. The van der Waals surface area contributed by atoms with E-state index in [0.29, 0.717) is 6.54 Å². The second-order valence-electron chi connectivity index (χ2n) is 4.98. The number of hydrogen-bond donors (Lipinski definition) is 1. The van der Waals surface area contributed by atoms with E-state index in [-0.39, 0.29) is 16.5 Å². The van der Waals surface area contributed by atoms with Gasteiger partial charge in [-0.05, 0) is 35.9 Å². The van der Waals surface area contributed by atoms with E-state index < -0.39 is 10.0 Å². The first-order valence-corrected chi connectivity index (χ1v) is 9.13. The molecule has 0 fully saturated rings. The third kappa shape index (κ3) is 2.45. The highest BCUT2D eigenvalue weighted by atomic mass is 32.2. The fraction of sp³-hybridized carbons (Fsp3) is 0.357. The van der Waals surface area contributed by atoms with Crippen LogP contribution in [0.25, 0.3) is 0 Å². The quantitative estimate of drug-likeness (QED) is 0.940. The van der Waals surface area contributed by atoms with Crippen molar-refractivity contribution < 1.29 is 8.42 Å². The molecule has 112 valence electrons. The molecule has 1 N–H and O–H groups in total. The van der Waals surface area contributed by atoms with Gasteiger partial charge in [-0.25, -0.2) is 8.42 Å². The molecule has 2 aromatic heterocycles. The summed E-state index contributed by atoms with van der Waals surface area (Å²) in [7, 11) is -3.59. The number of thiophene rings is 1. The number of H-pyrrole nitrogens is 1. The lowest BCUT2D eigenvalue weighted by Crippen LogP contribution is -2.39. The van der Waals surface area contributed by atoms with Crippen LogP contribution in [-0.4, -0.2) is 24.3 Å². The maximum atomic E-state index is 12.8. The molecule has 5 nitrogen and oxygen atoms in total. The summed E-state index contributed by atoms with van der Waals surface area (Å²) in [5.41, 5.74) is 0.807. The molecule has 0 aliphatic carbocycles. The van der Waals surface area contributed by atoms with E-state index in [9.17, 15) is 13.2 Å². The van der Waals surface area contributed by atoms with Crippen molar-refractivity contribution >= 4 is 21.4 Å². The topological polar surface area (TPSA) is 70.2 Å². The van der Waals surface area contributed by atoms with Gasteiger partial charge in [-0.1, -0.05) is 6.92 Å². The zero-order valence-corrected chi connectivity index (χ0v) is 13.2. The van der Waals surface area contributed by atoms with Gasteiger partial charge in [0.2, 0.25) is 15.6 Å². The minimum Gasteiger partial charge on any atom is -0.328 e. The first-order chi connectivity index (χ1) is 10.0. The van der Waals surface area contributed by atoms with Crippen molar-refractivity contribution in [3.63, 3.8) is 0 Å². The third-order valence-electron chi connectivity index (χ3n) is 3.79. The average molecular weight is 324 g/mol. The lowest BCUT2D eigenvalue weighted by atomic mass is 10.0. The first-order valence-electron chi connectivity index (χ1n) is 6.81. The molecule has 0 saturated heterocycles. The number of rotatable bonds is 3. The summed E-state index contributed by atoms with van der Waals surface area (Å²) in [6.45, 7) is 2.47. The highest BCUT2D eigenvalue weighted by Crippen LogP contribution is 2.38. The molecule has 3 heterocycles. The molecule has 0 bridgehead atoms. The normalized spacial score (nSPS) is 19.4. The lowest BCUT2D eigenvalue weighted by Gasteiger charge is -2.34. The Morgan fingerprint density at radius 2 is 2.19 bits per heavy atom. The van der Waals surface area contributed by atoms with Crippen LogP contribution >= 0.6 is 11.3 Å². The van der Waals surface area contributed by atoms with Crippen LogP contribution in [-0.2, 0) is 16.4 Å². The van der Waals surface area contributed by atoms with Crippen LogP contribution in [0.5, 0.6) is 0 Å². The van der Waals surface area contributed by atoms with Gasteiger partial charge < -0.3 is 4.98 Å². The van der Waals surface area contributed by atoms with Gasteiger partial charge in [0.15, 0.2) is 0 Å². The number of hydrogen-bond acceptors (Lipinski definition) is 4. The highest BCUT2D eigenvalue weighted by molar-refractivity contribution is 7.89. The molecule has 1 aliphatic rings. The van der Waals surface area contributed by atoms with Gasteiger partial charge in [0.1, 0.15) is 0 Å². The van der Waals surface area contributed by atoms with Crippen LogP contribution in [0.4, 0.5) is 0 Å². The highest BCUT2D eigenvalue weighted by Gasteiger charge is 2.35. The van der Waals surface area contributed by atoms with Gasteiger partial charge in [0, 0.05) is 23.7 Å². The molecule has 3 rings (SSSR count). The fourth-order valence-corrected chi connectivity index (χ4v) is 5.35. The molecule has 0 saturated carbocycles. The average Bonchev–Trinajstić information content (AvgIpc) is 2.95. The Bertz CT molecular complexity index is 787. The fourth-order valence-electron chi connectivity index (χ4n) is 2.78. The van der Waals surface area contributed by atoms with Crippen molar-refractivity contribution in [2.75, 3.05) is 6.54 Å². The van der Waals surface area contributed by atoms with Crippen LogP contribution < -0.4 is 5.56 Å². The van der Waals surface area contributed by atoms with E-state index in [2.05, 4.69) is 4.98 Å². The van der Waals surface area contributed by atoms with E-state index in [4.69, 9.17) is 0 Å². The predicted octanol–water partition coefficient (Wildman–Crippen LogP) is 2.13. The Balaban J connectivity index is 2.03. The summed E-state index contributed by atoms with van der Waals surface area (Å²) in [5.74, 6) is 0. The third-order valence-corrected chi connectivity index (χ3v) is 6.70. The van der Waals surface area contributed by atoms with Crippen molar-refractivity contribution in [3.8, 4) is 0 Å². The summed E-state index contributed by atoms with van der Waals surface area (Å²) in [4.78, 5) is 15.0. The lowest BCUT2D eigenvalue weighted by molar-refractivity contribution is 0.303. The number of aromatic nitrogens is 1. The Labute approximate surface area is 127 Å². The molecule has 2 aromatic rings. The second kappa shape index (κ2) is 5.40. The van der Waals surface area contributed by atoms with E-state index >= 15 is 0 Å². The van der Waals surface area contributed by atoms with Crippen LogP contribution in [0.2, 0.25) is 0 Å². The molecule has 0 spiro atoms. The van der Waals surface area contributed by atoms with Crippen LogP contribution in [0.1, 0.15) is 29.8 Å². The number of nitrogens with zero attached hydrogens (tertiary/aromatic N) is 1. The Morgan fingerprint density at radius 3 is 2.86 bits per heavy atom.